The lowest BCUT2D eigenvalue weighted by atomic mass is 10.1. The van der Waals surface area contributed by atoms with E-state index < -0.39 is 35.3 Å². The molecule has 0 fully saturated rings. The average molecular weight is 443 g/mol. The maximum Gasteiger partial charge on any atom is 0.416 e. The predicted octanol–water partition coefficient (Wildman–Crippen LogP) is 5.50. The average Bonchev–Trinajstić information content (AvgIpc) is 3.19. The first-order valence-electron chi connectivity index (χ1n) is 8.87. The van der Waals surface area contributed by atoms with Crippen LogP contribution < -0.4 is 5.32 Å². The summed E-state index contributed by atoms with van der Waals surface area (Å²) in [4.78, 5) is 19.9. The van der Waals surface area contributed by atoms with Gasteiger partial charge in [0.1, 0.15) is 12.9 Å². The fraction of sp³-hybridized carbons (Fsp3) is 0.250. The van der Waals surface area contributed by atoms with Crippen LogP contribution in [0.1, 0.15) is 22.3 Å². The van der Waals surface area contributed by atoms with Gasteiger partial charge in [-0.3, -0.25) is 10.3 Å². The Balaban J connectivity index is 1.61. The summed E-state index contributed by atoms with van der Waals surface area (Å²) >= 11 is 0. The van der Waals surface area contributed by atoms with E-state index in [9.17, 15) is 31.1 Å². The van der Waals surface area contributed by atoms with Crippen LogP contribution in [0.15, 0.2) is 52.4 Å². The summed E-state index contributed by atoms with van der Waals surface area (Å²) in [5, 5.41) is 1.91. The summed E-state index contributed by atoms with van der Waals surface area (Å²) in [5.41, 5.74) is -2.20. The monoisotopic (exact) mass is 443 g/mol. The predicted molar refractivity (Wildman–Crippen MR) is 101 cm³/mol. The van der Waals surface area contributed by atoms with E-state index in [2.05, 4.69) is 9.98 Å². The molecule has 2 aromatic carbocycles. The smallest absolute Gasteiger partial charge is 0.416 e. The highest BCUT2D eigenvalue weighted by atomic mass is 19.4. The summed E-state index contributed by atoms with van der Waals surface area (Å²) in [6.45, 7) is -0.222. The molecular weight excluding hydrogens is 428 g/mol. The van der Waals surface area contributed by atoms with Crippen molar-refractivity contribution >= 4 is 24.3 Å². The first-order valence-corrected chi connectivity index (χ1v) is 8.87. The van der Waals surface area contributed by atoms with E-state index in [1.807, 2.05) is 5.32 Å². The molecule has 0 radical (unpaired) electrons. The number of hydrogen-bond donors (Lipinski definition) is 1. The number of alkyl halides is 6. The number of amides is 1. The largest absolute Gasteiger partial charge is 0.444 e. The van der Waals surface area contributed by atoms with Crippen molar-refractivity contribution in [3.05, 3.63) is 64.7 Å². The molecule has 31 heavy (non-hydrogen) atoms. The molecule has 11 heteroatoms. The molecule has 1 heterocycles. The third-order valence-corrected chi connectivity index (χ3v) is 4.25. The second-order valence-electron chi connectivity index (χ2n) is 6.65. The minimum atomic E-state index is -5.01. The number of rotatable bonds is 5. The number of hydrogen-bond acceptors (Lipinski definition) is 4. The molecule has 1 atom stereocenters. The van der Waals surface area contributed by atoms with E-state index in [-0.39, 0.29) is 18.7 Å². The Bertz CT molecular complexity index is 953. The van der Waals surface area contributed by atoms with Gasteiger partial charge in [-0.25, -0.2) is 9.79 Å². The minimum Gasteiger partial charge on any atom is -0.444 e. The van der Waals surface area contributed by atoms with Gasteiger partial charge in [-0.2, -0.15) is 26.3 Å². The molecule has 0 saturated carbocycles. The summed E-state index contributed by atoms with van der Waals surface area (Å²) in [6, 6.07) is 7.69. The van der Waals surface area contributed by atoms with Gasteiger partial charge in [0.05, 0.1) is 17.2 Å². The number of nitrogens with zero attached hydrogens (tertiary/aromatic N) is 2. The number of nitrogens with one attached hydrogen (secondary N) is 1. The standard InChI is InChI=1S/C20H15F6N3O2/c21-19(22,23)14-6-15(20(24,25)26)8-16(7-14)29-18(30)31-10-13-3-1-12(2-4-13)5-17-9-27-11-28-17/h1-4,6-9,11,17H,5,10H2,(H,29,30). The second kappa shape index (κ2) is 8.78. The van der Waals surface area contributed by atoms with Crippen LogP contribution >= 0.6 is 0 Å². The second-order valence-corrected chi connectivity index (χ2v) is 6.65. The van der Waals surface area contributed by atoms with E-state index in [0.29, 0.717) is 24.1 Å². The Morgan fingerprint density at radius 2 is 1.52 bits per heavy atom. The lowest BCUT2D eigenvalue weighted by Crippen LogP contribution is -2.16. The van der Waals surface area contributed by atoms with Crippen molar-refractivity contribution < 1.29 is 35.9 Å². The number of anilines is 1. The Hall–Kier alpha value is -3.37. The fourth-order valence-corrected chi connectivity index (χ4v) is 2.75. The quantitative estimate of drug-likeness (QED) is 0.621. The zero-order chi connectivity index (χ0) is 22.6. The number of halogens is 6. The van der Waals surface area contributed by atoms with Gasteiger partial charge < -0.3 is 4.74 Å². The van der Waals surface area contributed by atoms with Crippen molar-refractivity contribution in [2.75, 3.05) is 5.32 Å². The van der Waals surface area contributed by atoms with Gasteiger partial charge in [-0.1, -0.05) is 24.3 Å². The van der Waals surface area contributed by atoms with Gasteiger partial charge in [-0.15, -0.1) is 0 Å². The molecule has 1 amide bonds. The maximum absolute atomic E-state index is 12.9. The molecule has 1 unspecified atom stereocenters. The van der Waals surface area contributed by atoms with E-state index >= 15 is 0 Å². The van der Waals surface area contributed by atoms with Crippen molar-refractivity contribution in [1.82, 2.24) is 0 Å². The molecule has 1 aliphatic heterocycles. The highest BCUT2D eigenvalue weighted by Gasteiger charge is 2.37. The molecule has 2 aromatic rings. The Morgan fingerprint density at radius 3 is 2.03 bits per heavy atom. The number of aliphatic imine (C=N–C) groups is 2. The molecule has 5 nitrogen and oxygen atoms in total. The van der Waals surface area contributed by atoms with Crippen LogP contribution in [0.5, 0.6) is 0 Å². The van der Waals surface area contributed by atoms with Gasteiger partial charge in [0, 0.05) is 11.9 Å². The number of benzene rings is 2. The highest BCUT2D eigenvalue weighted by molar-refractivity contribution is 5.85. The zero-order valence-electron chi connectivity index (χ0n) is 15.7. The van der Waals surface area contributed by atoms with Gasteiger partial charge in [-0.05, 0) is 35.7 Å². The first-order chi connectivity index (χ1) is 14.5. The number of ether oxygens (including phenoxy) is 1. The molecule has 1 aliphatic rings. The molecule has 1 N–H and O–H groups in total. The summed E-state index contributed by atoms with van der Waals surface area (Å²) in [7, 11) is 0. The Labute approximate surface area is 172 Å². The van der Waals surface area contributed by atoms with Crippen molar-refractivity contribution in [2.24, 2.45) is 9.98 Å². The normalized spacial score (nSPS) is 15.9. The zero-order valence-corrected chi connectivity index (χ0v) is 15.7. The molecule has 164 valence electrons. The van der Waals surface area contributed by atoms with Crippen LogP contribution in [-0.2, 0) is 30.1 Å². The minimum absolute atomic E-state index is 0.0270. The van der Waals surface area contributed by atoms with E-state index in [4.69, 9.17) is 4.74 Å². The Kier molecular flexibility index (Phi) is 6.32. The van der Waals surface area contributed by atoms with Crippen LogP contribution in [0.4, 0.5) is 36.8 Å². The van der Waals surface area contributed by atoms with Gasteiger partial charge in [0.2, 0.25) is 0 Å². The fourth-order valence-electron chi connectivity index (χ4n) is 2.75. The maximum atomic E-state index is 12.9. The molecule has 0 aromatic heterocycles. The lowest BCUT2D eigenvalue weighted by Gasteiger charge is -2.15. The van der Waals surface area contributed by atoms with Crippen LogP contribution in [0.3, 0.4) is 0 Å². The van der Waals surface area contributed by atoms with Crippen LogP contribution in [0, 0.1) is 0 Å². The van der Waals surface area contributed by atoms with E-state index in [1.54, 1.807) is 30.5 Å². The summed E-state index contributed by atoms with van der Waals surface area (Å²) < 4.78 is 82.2. The van der Waals surface area contributed by atoms with Crippen molar-refractivity contribution in [2.45, 2.75) is 31.4 Å². The molecule has 0 aliphatic carbocycles. The summed E-state index contributed by atoms with van der Waals surface area (Å²) in [6.07, 6.45) is -7.41. The van der Waals surface area contributed by atoms with Crippen molar-refractivity contribution in [3.8, 4) is 0 Å². The van der Waals surface area contributed by atoms with Crippen LogP contribution in [0.25, 0.3) is 0 Å². The molecule has 0 saturated heterocycles. The topological polar surface area (TPSA) is 63.0 Å². The van der Waals surface area contributed by atoms with Crippen LogP contribution in [-0.4, -0.2) is 24.7 Å². The van der Waals surface area contributed by atoms with Crippen molar-refractivity contribution in [3.63, 3.8) is 0 Å². The lowest BCUT2D eigenvalue weighted by molar-refractivity contribution is -0.143. The van der Waals surface area contributed by atoms with E-state index in [0.717, 1.165) is 5.56 Å². The SMILES string of the molecule is O=C(Nc1cc(C(F)(F)F)cc(C(F)(F)F)c1)OCc1ccc(CC2C=NC=N2)cc1. The molecule has 3 rings (SSSR count). The van der Waals surface area contributed by atoms with Crippen LogP contribution in [0.2, 0.25) is 0 Å². The molecular formula is C20H15F6N3O2. The Morgan fingerprint density at radius 1 is 0.935 bits per heavy atom. The van der Waals surface area contributed by atoms with Gasteiger partial charge >= 0.3 is 18.4 Å². The molecule has 0 bridgehead atoms. The highest BCUT2D eigenvalue weighted by Crippen LogP contribution is 2.37. The first kappa shape index (κ1) is 22.3. The third kappa shape index (κ3) is 6.30. The van der Waals surface area contributed by atoms with Gasteiger partial charge in [0.15, 0.2) is 0 Å². The number of carbonyl (C=O) groups is 1. The van der Waals surface area contributed by atoms with E-state index in [1.165, 1.54) is 6.34 Å². The van der Waals surface area contributed by atoms with Crippen molar-refractivity contribution in [1.29, 1.82) is 0 Å². The third-order valence-electron chi connectivity index (χ3n) is 4.25. The summed E-state index contributed by atoms with van der Waals surface area (Å²) in [5.74, 6) is 0. The molecule has 0 spiro atoms. The van der Waals surface area contributed by atoms with Gasteiger partial charge in [0.25, 0.3) is 0 Å². The number of carbonyl (C=O) groups excluding carboxylic acids is 1.